The van der Waals surface area contributed by atoms with Crippen LogP contribution in [0.3, 0.4) is 0 Å². The molecule has 0 atom stereocenters. The van der Waals surface area contributed by atoms with E-state index in [0.717, 1.165) is 0 Å². The molecule has 0 aromatic heterocycles. The Labute approximate surface area is 70.5 Å². The monoisotopic (exact) mass is 164 g/mol. The Morgan fingerprint density at radius 1 is 1.42 bits per heavy atom. The third-order valence-corrected chi connectivity index (χ3v) is 1.48. The molecule has 0 fully saturated rings. The third kappa shape index (κ3) is 1.56. The largest absolute Gasteiger partial charge is 0.270 e. The molecule has 2 nitrogen and oxygen atoms in total. The highest BCUT2D eigenvalue weighted by molar-refractivity contribution is 6.01. The van der Waals surface area contributed by atoms with Crippen LogP contribution in [0.4, 0.5) is 4.39 Å². The van der Waals surface area contributed by atoms with Crippen molar-refractivity contribution in [3.05, 3.63) is 35.6 Å². The number of nitrogens with zero attached hydrogens (tertiary/aromatic N) is 2. The quantitative estimate of drug-likeness (QED) is 0.447. The second-order valence-electron chi connectivity index (χ2n) is 2.19. The molecule has 1 aromatic rings. The molecular formula is C9H9FN2. The summed E-state index contributed by atoms with van der Waals surface area (Å²) in [6.45, 7) is 3.30. The van der Waals surface area contributed by atoms with Crippen LogP contribution in [0.25, 0.3) is 0 Å². The van der Waals surface area contributed by atoms with Crippen LogP contribution in [0.2, 0.25) is 0 Å². The summed E-state index contributed by atoms with van der Waals surface area (Å²) in [5, 5.41) is 0. The van der Waals surface area contributed by atoms with Crippen molar-refractivity contribution in [2.45, 2.75) is 0 Å². The highest BCUT2D eigenvalue weighted by Crippen LogP contribution is 2.07. The Kier molecular flexibility index (Phi) is 2.69. The summed E-state index contributed by atoms with van der Waals surface area (Å²) in [5.74, 6) is -0.00130. The van der Waals surface area contributed by atoms with Gasteiger partial charge in [0.05, 0.1) is 5.56 Å². The van der Waals surface area contributed by atoms with Crippen LogP contribution < -0.4 is 0 Å². The van der Waals surface area contributed by atoms with Crippen LogP contribution in [-0.4, -0.2) is 19.6 Å². The molecule has 0 aliphatic rings. The molecule has 0 heterocycles. The summed E-state index contributed by atoms with van der Waals surface area (Å²) in [5.41, 5.74) is 0.384. The molecule has 0 aliphatic heterocycles. The number of benzene rings is 1. The highest BCUT2D eigenvalue weighted by atomic mass is 19.1. The van der Waals surface area contributed by atoms with Crippen LogP contribution >= 0.6 is 0 Å². The van der Waals surface area contributed by atoms with E-state index in [0.29, 0.717) is 11.4 Å². The molecule has 62 valence electrons. The number of aliphatic imine (C=N–C) groups is 2. The molecule has 0 aliphatic carbocycles. The summed E-state index contributed by atoms with van der Waals surface area (Å²) < 4.78 is 13.0. The normalized spacial score (nSPS) is 11.3. The molecule has 0 amide bonds. The van der Waals surface area contributed by atoms with Gasteiger partial charge in [-0.1, -0.05) is 12.1 Å². The van der Waals surface area contributed by atoms with Crippen molar-refractivity contribution >= 4 is 12.6 Å². The van der Waals surface area contributed by atoms with Crippen LogP contribution in [-0.2, 0) is 0 Å². The van der Waals surface area contributed by atoms with E-state index in [1.807, 2.05) is 0 Å². The van der Waals surface area contributed by atoms with Gasteiger partial charge in [0.15, 0.2) is 5.84 Å². The van der Waals surface area contributed by atoms with Gasteiger partial charge in [-0.25, -0.2) is 9.38 Å². The average Bonchev–Trinajstić information content (AvgIpc) is 2.10. The zero-order valence-corrected chi connectivity index (χ0v) is 6.79. The van der Waals surface area contributed by atoms with Crippen LogP contribution in [0.15, 0.2) is 34.3 Å². The van der Waals surface area contributed by atoms with E-state index in [2.05, 4.69) is 16.7 Å². The first kappa shape index (κ1) is 8.59. The van der Waals surface area contributed by atoms with Crippen LogP contribution in [0.1, 0.15) is 5.56 Å². The standard InChI is InChI=1S/C9H9FN2/c1-11-9(12-2)7-5-3-4-6-8(7)10/h3-6H,1H2,2H3. The Bertz CT molecular complexity index is 318. The first-order chi connectivity index (χ1) is 5.79. The summed E-state index contributed by atoms with van der Waals surface area (Å²) in [6, 6.07) is 6.34. The van der Waals surface area contributed by atoms with Gasteiger partial charge >= 0.3 is 0 Å². The maximum Gasteiger partial charge on any atom is 0.156 e. The fraction of sp³-hybridized carbons (Fsp3) is 0.111. The fourth-order valence-electron chi connectivity index (χ4n) is 0.919. The van der Waals surface area contributed by atoms with E-state index in [-0.39, 0.29) is 5.82 Å². The van der Waals surface area contributed by atoms with Crippen molar-refractivity contribution in [2.75, 3.05) is 7.05 Å². The third-order valence-electron chi connectivity index (χ3n) is 1.48. The average molecular weight is 164 g/mol. The molecule has 1 aromatic carbocycles. The van der Waals surface area contributed by atoms with E-state index in [1.165, 1.54) is 6.07 Å². The van der Waals surface area contributed by atoms with Gasteiger partial charge < -0.3 is 0 Å². The molecule has 0 N–H and O–H groups in total. The molecule has 1 rings (SSSR count). The lowest BCUT2D eigenvalue weighted by Crippen LogP contribution is -1.99. The van der Waals surface area contributed by atoms with Gasteiger partial charge in [-0.05, 0) is 18.9 Å². The molecule has 0 bridgehead atoms. The molecule has 0 unspecified atom stereocenters. The summed E-state index contributed by atoms with van der Waals surface area (Å²) in [6.07, 6.45) is 0. The summed E-state index contributed by atoms with van der Waals surface area (Å²) in [4.78, 5) is 7.38. The van der Waals surface area contributed by atoms with Crippen molar-refractivity contribution in [3.8, 4) is 0 Å². The Morgan fingerprint density at radius 3 is 2.58 bits per heavy atom. The lowest BCUT2D eigenvalue weighted by atomic mass is 10.2. The Hall–Kier alpha value is -1.51. The minimum absolute atomic E-state index is 0.327. The number of rotatable bonds is 1. The van der Waals surface area contributed by atoms with E-state index in [9.17, 15) is 4.39 Å². The summed E-state index contributed by atoms with van der Waals surface area (Å²) >= 11 is 0. The van der Waals surface area contributed by atoms with Gasteiger partial charge in [0.1, 0.15) is 5.82 Å². The lowest BCUT2D eigenvalue weighted by molar-refractivity contribution is 0.625. The molecular weight excluding hydrogens is 155 g/mol. The topological polar surface area (TPSA) is 24.7 Å². The minimum atomic E-state index is -0.328. The molecule has 12 heavy (non-hydrogen) atoms. The van der Waals surface area contributed by atoms with Gasteiger partial charge in [0.2, 0.25) is 0 Å². The second-order valence-corrected chi connectivity index (χ2v) is 2.19. The van der Waals surface area contributed by atoms with Crippen LogP contribution in [0, 0.1) is 5.82 Å². The maximum absolute atomic E-state index is 13.0. The number of halogens is 1. The smallest absolute Gasteiger partial charge is 0.156 e. The molecule has 0 spiro atoms. The molecule has 0 saturated heterocycles. The molecule has 0 saturated carbocycles. The van der Waals surface area contributed by atoms with Crippen molar-refractivity contribution in [3.63, 3.8) is 0 Å². The number of hydrogen-bond donors (Lipinski definition) is 0. The molecule has 0 radical (unpaired) electrons. The first-order valence-corrected chi connectivity index (χ1v) is 3.48. The highest BCUT2D eigenvalue weighted by Gasteiger charge is 2.04. The van der Waals surface area contributed by atoms with Gasteiger partial charge in [-0.15, -0.1) is 0 Å². The second kappa shape index (κ2) is 3.76. The SMILES string of the molecule is C=NC(=NC)c1ccccc1F. The van der Waals surface area contributed by atoms with Gasteiger partial charge in [-0.2, -0.15) is 0 Å². The zero-order chi connectivity index (χ0) is 8.97. The van der Waals surface area contributed by atoms with Crippen molar-refractivity contribution in [1.29, 1.82) is 0 Å². The summed E-state index contributed by atoms with van der Waals surface area (Å²) in [7, 11) is 1.55. The van der Waals surface area contributed by atoms with Gasteiger partial charge in [0.25, 0.3) is 0 Å². The predicted molar refractivity (Wildman–Crippen MR) is 48.4 cm³/mol. The Balaban J connectivity index is 3.18. The van der Waals surface area contributed by atoms with E-state index in [1.54, 1.807) is 25.2 Å². The van der Waals surface area contributed by atoms with Gasteiger partial charge in [-0.3, -0.25) is 4.99 Å². The van der Waals surface area contributed by atoms with E-state index >= 15 is 0 Å². The van der Waals surface area contributed by atoms with Crippen LogP contribution in [0.5, 0.6) is 0 Å². The fourth-order valence-corrected chi connectivity index (χ4v) is 0.919. The molecule has 3 heteroatoms. The van der Waals surface area contributed by atoms with Crippen molar-refractivity contribution in [1.82, 2.24) is 0 Å². The number of amidine groups is 1. The minimum Gasteiger partial charge on any atom is -0.270 e. The lowest BCUT2D eigenvalue weighted by Gasteiger charge is -1.99. The predicted octanol–water partition coefficient (Wildman–Crippen LogP) is 1.90. The number of hydrogen-bond acceptors (Lipinski definition) is 1. The first-order valence-electron chi connectivity index (χ1n) is 3.48. The maximum atomic E-state index is 13.0. The van der Waals surface area contributed by atoms with E-state index < -0.39 is 0 Å². The Morgan fingerprint density at radius 2 is 2.08 bits per heavy atom. The van der Waals surface area contributed by atoms with Crippen molar-refractivity contribution < 1.29 is 4.39 Å². The van der Waals surface area contributed by atoms with E-state index in [4.69, 9.17) is 0 Å². The van der Waals surface area contributed by atoms with Crippen molar-refractivity contribution in [2.24, 2.45) is 9.98 Å². The van der Waals surface area contributed by atoms with Gasteiger partial charge in [0, 0.05) is 7.05 Å². The zero-order valence-electron chi connectivity index (χ0n) is 6.79.